The highest BCUT2D eigenvalue weighted by Gasteiger charge is 2.41. The van der Waals surface area contributed by atoms with Gasteiger partial charge in [0.15, 0.2) is 0 Å². The molecule has 3 N–H and O–H groups in total. The molecule has 6 amide bonds. The molecule has 18 nitrogen and oxygen atoms in total. The Balaban J connectivity index is 2.70. The minimum absolute atomic E-state index is 0.0340. The van der Waals surface area contributed by atoms with Gasteiger partial charge in [0.1, 0.15) is 76.7 Å². The second-order valence-corrected chi connectivity index (χ2v) is 33.7. The summed E-state index contributed by atoms with van der Waals surface area (Å²) in [6, 6.07) is 13.8. The Morgan fingerprint density at radius 1 is 0.320 bits per heavy atom. The van der Waals surface area contributed by atoms with Crippen molar-refractivity contribution >= 4 is 35.4 Å². The van der Waals surface area contributed by atoms with E-state index in [9.17, 15) is 28.8 Å². The Kier molecular flexibility index (Phi) is 35.3. The van der Waals surface area contributed by atoms with Gasteiger partial charge in [-0.1, -0.05) is 161 Å². The first-order chi connectivity index (χ1) is 47.8. The maximum absolute atomic E-state index is 13.7. The van der Waals surface area contributed by atoms with E-state index in [2.05, 4.69) is 177 Å². The van der Waals surface area contributed by atoms with Gasteiger partial charge in [-0.05, 0) is 171 Å². The predicted molar refractivity (Wildman–Crippen MR) is 419 cm³/mol. The van der Waals surface area contributed by atoms with Crippen molar-refractivity contribution in [3.8, 4) is 17.2 Å². The summed E-state index contributed by atoms with van der Waals surface area (Å²) in [5, 5.41) is 9.11. The van der Waals surface area contributed by atoms with E-state index in [0.29, 0.717) is 17.2 Å². The van der Waals surface area contributed by atoms with Crippen LogP contribution in [0.1, 0.15) is 302 Å². The van der Waals surface area contributed by atoms with Crippen LogP contribution < -0.4 is 30.2 Å². The van der Waals surface area contributed by atoms with Gasteiger partial charge in [-0.3, -0.25) is 28.8 Å². The van der Waals surface area contributed by atoms with Gasteiger partial charge in [0.2, 0.25) is 35.4 Å². The van der Waals surface area contributed by atoms with Crippen molar-refractivity contribution in [1.82, 2.24) is 30.7 Å². The van der Waals surface area contributed by atoms with Crippen LogP contribution >= 0.6 is 0 Å². The molecular weight excluding hydrogens is 1300 g/mol. The van der Waals surface area contributed by atoms with Crippen molar-refractivity contribution in [3.63, 3.8) is 0 Å². The molecule has 0 fully saturated rings. The average Bonchev–Trinajstić information content (AvgIpc) is 0.727. The minimum Gasteiger partial charge on any atom is -0.491 e. The van der Waals surface area contributed by atoms with E-state index >= 15 is 0 Å². The van der Waals surface area contributed by atoms with E-state index in [-0.39, 0.29) is 167 Å². The number of hydrogen-bond acceptors (Lipinski definition) is 12. The van der Waals surface area contributed by atoms with Crippen molar-refractivity contribution in [1.29, 1.82) is 0 Å². The van der Waals surface area contributed by atoms with Gasteiger partial charge in [-0.2, -0.15) is 0 Å². The predicted octanol–water partition coefficient (Wildman–Crippen LogP) is 15.5. The molecule has 0 radical (unpaired) electrons. The van der Waals surface area contributed by atoms with Crippen molar-refractivity contribution in [2.75, 3.05) is 79.1 Å². The Morgan fingerprint density at radius 2 is 0.524 bits per heavy atom. The molecular formula is C85H142N6O12. The van der Waals surface area contributed by atoms with E-state index in [0.717, 1.165) is 88.6 Å². The molecule has 0 aliphatic heterocycles. The van der Waals surface area contributed by atoms with E-state index in [1.807, 2.05) is 83.1 Å². The van der Waals surface area contributed by atoms with Crippen molar-refractivity contribution in [2.24, 2.45) is 0 Å². The second kappa shape index (κ2) is 39.9. The highest BCUT2D eigenvalue weighted by Crippen LogP contribution is 2.55. The number of rotatable bonds is 45. The molecule has 3 rings (SSSR count). The molecule has 3 aromatic rings. The zero-order valence-electron chi connectivity index (χ0n) is 70.0. The molecule has 0 aliphatic carbocycles. The second-order valence-electron chi connectivity index (χ2n) is 33.7. The van der Waals surface area contributed by atoms with Crippen LogP contribution in [0.2, 0.25) is 0 Å². The number of hydrogen-bond donors (Lipinski definition) is 3. The van der Waals surface area contributed by atoms with Gasteiger partial charge in [0.25, 0.3) is 0 Å². The van der Waals surface area contributed by atoms with Gasteiger partial charge in [-0.25, -0.2) is 0 Å². The number of amides is 6. The molecule has 0 aliphatic rings. The van der Waals surface area contributed by atoms with E-state index < -0.39 is 22.2 Å². The third-order valence-electron chi connectivity index (χ3n) is 21.7. The average molecular weight is 1440 g/mol. The quantitative estimate of drug-likeness (QED) is 0.0357. The number of carbonyl (C=O) groups excluding carboxylic acids is 6. The maximum Gasteiger partial charge on any atom is 0.249 e. The lowest BCUT2D eigenvalue weighted by Crippen LogP contribution is -2.44. The van der Waals surface area contributed by atoms with Gasteiger partial charge in [0, 0.05) is 75.5 Å². The number of benzene rings is 3. The fourth-order valence-electron chi connectivity index (χ4n) is 13.1. The highest BCUT2D eigenvalue weighted by molar-refractivity contribution is 5.82. The maximum atomic E-state index is 13.7. The number of nitrogens with zero attached hydrogens (tertiary/aromatic N) is 3. The summed E-state index contributed by atoms with van der Waals surface area (Å²) in [5.74, 6) is -0.481. The van der Waals surface area contributed by atoms with Crippen molar-refractivity contribution in [2.45, 2.75) is 321 Å². The summed E-state index contributed by atoms with van der Waals surface area (Å²) in [6.45, 7) is 62.9. The largest absolute Gasteiger partial charge is 0.491 e. The molecule has 18 heteroatoms. The van der Waals surface area contributed by atoms with E-state index in [1.54, 1.807) is 14.7 Å². The van der Waals surface area contributed by atoms with E-state index in [4.69, 9.17) is 28.4 Å². The first-order valence-electron chi connectivity index (χ1n) is 38.7. The fraction of sp³-hybridized carbons (Fsp3) is 0.718. The topological polar surface area (TPSA) is 204 Å². The van der Waals surface area contributed by atoms with E-state index in [1.165, 1.54) is 0 Å². The minimum atomic E-state index is -0.734. The van der Waals surface area contributed by atoms with Gasteiger partial charge in [0.05, 0.1) is 19.6 Å². The molecule has 0 saturated carbocycles. The molecule has 3 aromatic carbocycles. The molecule has 0 spiro atoms. The molecule has 0 atom stereocenters. The van der Waals surface area contributed by atoms with Crippen LogP contribution in [-0.4, -0.2) is 165 Å². The van der Waals surface area contributed by atoms with Gasteiger partial charge in [-0.15, -0.1) is 0 Å². The number of ether oxygens (including phenoxy) is 6. The van der Waals surface area contributed by atoms with Crippen molar-refractivity contribution in [3.05, 3.63) is 86.5 Å². The van der Waals surface area contributed by atoms with Crippen LogP contribution in [0.15, 0.2) is 36.4 Å². The number of carbonyl (C=O) groups is 6. The first-order valence-corrected chi connectivity index (χ1v) is 38.7. The summed E-state index contributed by atoms with van der Waals surface area (Å²) in [6.07, 6.45) is 4.67. The lowest BCUT2D eigenvalue weighted by atomic mass is 9.68. The first kappa shape index (κ1) is 91.0. The molecule has 584 valence electrons. The van der Waals surface area contributed by atoms with Crippen LogP contribution in [0.5, 0.6) is 17.2 Å². The lowest BCUT2D eigenvalue weighted by molar-refractivity contribution is -0.142. The Labute approximate surface area is 624 Å². The van der Waals surface area contributed by atoms with Gasteiger partial charge < -0.3 is 59.1 Å². The lowest BCUT2D eigenvalue weighted by Gasteiger charge is -2.38. The Hall–Kier alpha value is -6.24. The van der Waals surface area contributed by atoms with Crippen LogP contribution in [-0.2, 0) is 75.5 Å². The molecule has 0 saturated heterocycles. The standard InChI is InChI=1S/C85H142N6O12/c1-31-80(19,20)61-43-64(77(67(46-61)83(25,26)34-4)101-40-37-86-70(92)49-98-52-73(95)89(55(7)8)56(9)10)76(65-44-62(81(21,22)32-2)47-68(84(27,28)35-5)78(65)102-41-38-87-71(93)50-99-53-74(96)90(57(11)12)58(13)14)66-45-63(82(23,24)33-3)48-69(85(29,30)36-6)79(66)103-42-39-88-72(94)51-100-54-75(97)91(59(15)16)60(17)18/h43-48,55-60,76H,31-42,49-54H2,1-30H3,(H,86,92)(H,87,93)(H,88,94). The zero-order valence-corrected chi connectivity index (χ0v) is 70.0. The highest BCUT2D eigenvalue weighted by atomic mass is 16.5. The molecule has 0 unspecified atom stereocenters. The van der Waals surface area contributed by atoms with Gasteiger partial charge >= 0.3 is 0 Å². The Morgan fingerprint density at radius 3 is 0.709 bits per heavy atom. The molecule has 0 bridgehead atoms. The number of nitrogens with one attached hydrogen (secondary N) is 3. The van der Waals surface area contributed by atoms with Crippen LogP contribution in [0.3, 0.4) is 0 Å². The third kappa shape index (κ3) is 25.2. The monoisotopic (exact) mass is 1440 g/mol. The summed E-state index contributed by atoms with van der Waals surface area (Å²) < 4.78 is 39.7. The Bertz CT molecular complexity index is 2890. The fourth-order valence-corrected chi connectivity index (χ4v) is 13.1. The normalized spacial score (nSPS) is 12.7. The summed E-state index contributed by atoms with van der Waals surface area (Å²) in [5.41, 5.74) is 6.37. The smallest absolute Gasteiger partial charge is 0.249 e. The summed E-state index contributed by atoms with van der Waals surface area (Å²) in [7, 11) is 0. The third-order valence-corrected chi connectivity index (χ3v) is 21.7. The van der Waals surface area contributed by atoms with Crippen molar-refractivity contribution < 1.29 is 57.2 Å². The van der Waals surface area contributed by atoms with Crippen LogP contribution in [0.25, 0.3) is 0 Å². The zero-order chi connectivity index (χ0) is 78.5. The van der Waals surface area contributed by atoms with Crippen LogP contribution in [0.4, 0.5) is 0 Å². The molecule has 103 heavy (non-hydrogen) atoms. The SMILES string of the molecule is CCC(C)(C)c1cc(C(c2cc(C(C)(C)CC)cc(C(C)(C)CC)c2OCCNC(=O)COCC(=O)N(C(C)C)C(C)C)c2cc(C(C)(C)CC)cc(C(C)(C)CC)c2OCCNC(=O)COCC(=O)N(C(C)C)C(C)C)c(OCCNC(=O)COCC(=O)N(C(C)C)C(C)C)c(C(C)(C)CC)c1. The molecule has 0 aromatic heterocycles. The van der Waals surface area contributed by atoms with Crippen LogP contribution in [0, 0.1) is 0 Å². The molecule has 0 heterocycles. The summed E-state index contributed by atoms with van der Waals surface area (Å²) in [4.78, 5) is 86.3. The summed E-state index contributed by atoms with van der Waals surface area (Å²) >= 11 is 0.